The first-order valence-electron chi connectivity index (χ1n) is 9.65. The van der Waals surface area contributed by atoms with Crippen LogP contribution < -0.4 is 11.1 Å². The van der Waals surface area contributed by atoms with Crippen LogP contribution >= 0.6 is 0 Å². The van der Waals surface area contributed by atoms with Gasteiger partial charge in [0, 0.05) is 25.6 Å². The minimum absolute atomic E-state index is 0.125. The van der Waals surface area contributed by atoms with Gasteiger partial charge in [-0.2, -0.15) is 0 Å². The van der Waals surface area contributed by atoms with E-state index in [1.54, 1.807) is 12.1 Å². The number of nitrogens with one attached hydrogen (secondary N) is 1. The van der Waals surface area contributed by atoms with E-state index in [1.165, 1.54) is 12.1 Å². The first-order chi connectivity index (χ1) is 13.5. The fourth-order valence-electron chi connectivity index (χ4n) is 3.56. The second kappa shape index (κ2) is 7.71. The summed E-state index contributed by atoms with van der Waals surface area (Å²) in [7, 11) is 0. The Morgan fingerprint density at radius 3 is 2.71 bits per heavy atom. The third-order valence-electron chi connectivity index (χ3n) is 4.94. The van der Waals surface area contributed by atoms with Crippen molar-refractivity contribution in [2.24, 2.45) is 0 Å². The summed E-state index contributed by atoms with van der Waals surface area (Å²) in [4.78, 5) is 13.9. The molecule has 0 saturated carbocycles. The zero-order valence-corrected chi connectivity index (χ0v) is 16.2. The molecule has 4 rings (SSSR count). The van der Waals surface area contributed by atoms with Gasteiger partial charge < -0.3 is 15.8 Å². The molecule has 1 fully saturated rings. The van der Waals surface area contributed by atoms with Crippen molar-refractivity contribution in [3.05, 3.63) is 41.5 Å². The zero-order valence-electron chi connectivity index (χ0n) is 16.2. The zero-order chi connectivity index (χ0) is 19.7. The lowest BCUT2D eigenvalue weighted by molar-refractivity contribution is 0.110. The molecule has 0 aliphatic carbocycles. The molecule has 148 valence electrons. The third kappa shape index (κ3) is 3.77. The van der Waals surface area contributed by atoms with Crippen LogP contribution in [0, 0.1) is 5.82 Å². The number of hydrogen-bond donors (Lipinski definition) is 2. The second-order valence-corrected chi connectivity index (χ2v) is 7.41. The molecule has 0 spiro atoms. The molecule has 3 N–H and O–H groups in total. The van der Waals surface area contributed by atoms with Crippen LogP contribution in [-0.4, -0.2) is 32.2 Å². The first kappa shape index (κ1) is 18.6. The Kier molecular flexibility index (Phi) is 5.13. The molecule has 1 aliphatic rings. The molecule has 1 saturated heterocycles. The number of imidazole rings is 1. The van der Waals surface area contributed by atoms with Gasteiger partial charge >= 0.3 is 0 Å². The average Bonchev–Trinajstić information content (AvgIpc) is 3.28. The lowest BCUT2D eigenvalue weighted by Gasteiger charge is -2.13. The molecule has 3 aromatic rings. The van der Waals surface area contributed by atoms with E-state index in [0.717, 1.165) is 30.7 Å². The predicted octanol–water partition coefficient (Wildman–Crippen LogP) is 3.46. The number of hydrogen-bond acceptors (Lipinski definition) is 6. The molecule has 0 radical (unpaired) electrons. The summed E-state index contributed by atoms with van der Waals surface area (Å²) in [6.07, 6.45) is 2.89. The largest absolute Gasteiger partial charge is 0.378 e. The molecule has 1 atom stereocenters. The topological polar surface area (TPSA) is 90.9 Å². The Bertz CT molecular complexity index is 963. The van der Waals surface area contributed by atoms with E-state index in [1.807, 2.05) is 18.4 Å². The molecular weight excluding hydrogens is 359 g/mol. The van der Waals surface area contributed by atoms with Gasteiger partial charge in [0.2, 0.25) is 5.95 Å². The van der Waals surface area contributed by atoms with Gasteiger partial charge in [-0.1, -0.05) is 12.1 Å². The first-order valence-corrected chi connectivity index (χ1v) is 9.65. The fraction of sp³-hybridized carbons (Fsp3) is 0.450. The van der Waals surface area contributed by atoms with Crippen LogP contribution in [-0.2, 0) is 17.7 Å². The number of nitrogens with zero attached hydrogens (tertiary/aromatic N) is 4. The Hall–Kier alpha value is -2.74. The summed E-state index contributed by atoms with van der Waals surface area (Å²) in [5.74, 6) is 1.50. The third-order valence-corrected chi connectivity index (χ3v) is 4.94. The van der Waals surface area contributed by atoms with Gasteiger partial charge in [0.05, 0.1) is 6.10 Å². The molecule has 1 aliphatic heterocycles. The maximum atomic E-state index is 13.1. The number of ether oxygens (including phenoxy) is 1. The van der Waals surface area contributed by atoms with Crippen molar-refractivity contribution >= 4 is 22.9 Å². The highest BCUT2D eigenvalue weighted by atomic mass is 19.1. The number of nitrogen functional groups attached to an aromatic ring is 1. The van der Waals surface area contributed by atoms with E-state index in [9.17, 15) is 4.39 Å². The summed E-state index contributed by atoms with van der Waals surface area (Å²) in [6, 6.07) is 6.51. The van der Waals surface area contributed by atoms with E-state index >= 15 is 0 Å². The summed E-state index contributed by atoms with van der Waals surface area (Å²) in [6.45, 7) is 5.38. The van der Waals surface area contributed by atoms with E-state index in [0.29, 0.717) is 36.1 Å². The number of benzene rings is 1. The quantitative estimate of drug-likeness (QED) is 0.676. The van der Waals surface area contributed by atoms with E-state index in [4.69, 9.17) is 20.4 Å². The summed E-state index contributed by atoms with van der Waals surface area (Å²) in [5, 5.41) is 3.32. The second-order valence-electron chi connectivity index (χ2n) is 7.41. The molecule has 0 amide bonds. The maximum Gasteiger partial charge on any atom is 0.202 e. The highest BCUT2D eigenvalue weighted by Gasteiger charge is 2.22. The maximum absolute atomic E-state index is 13.1. The van der Waals surface area contributed by atoms with Crippen LogP contribution in [0.2, 0.25) is 0 Å². The van der Waals surface area contributed by atoms with Gasteiger partial charge in [0.25, 0.3) is 0 Å². The molecule has 1 aromatic carbocycles. The summed E-state index contributed by atoms with van der Waals surface area (Å²) >= 11 is 0. The molecule has 0 unspecified atom stereocenters. The number of rotatable bonds is 6. The Labute approximate surface area is 163 Å². The van der Waals surface area contributed by atoms with Crippen molar-refractivity contribution in [3.63, 3.8) is 0 Å². The summed E-state index contributed by atoms with van der Waals surface area (Å²) in [5.41, 5.74) is 8.46. The molecule has 28 heavy (non-hydrogen) atoms. The van der Waals surface area contributed by atoms with Crippen LogP contribution in [0.1, 0.15) is 44.1 Å². The van der Waals surface area contributed by atoms with E-state index in [-0.39, 0.29) is 18.0 Å². The number of halogens is 1. The van der Waals surface area contributed by atoms with Gasteiger partial charge in [-0.3, -0.25) is 4.57 Å². The lowest BCUT2D eigenvalue weighted by Crippen LogP contribution is -2.14. The predicted molar refractivity (Wildman–Crippen MR) is 107 cm³/mol. The van der Waals surface area contributed by atoms with Gasteiger partial charge in [0.1, 0.15) is 11.6 Å². The Morgan fingerprint density at radius 1 is 1.25 bits per heavy atom. The smallest absolute Gasteiger partial charge is 0.202 e. The SMILES string of the molecule is CC(C)n1c(N)nc2c(NCc3ccc(F)cc3)nc(C[C@H]3CCCO3)nc21. The van der Waals surface area contributed by atoms with Crippen molar-refractivity contribution in [2.75, 3.05) is 17.7 Å². The molecule has 7 nitrogen and oxygen atoms in total. The number of aromatic nitrogens is 4. The Morgan fingerprint density at radius 2 is 2.04 bits per heavy atom. The standard InChI is InChI=1S/C20H25FN6O/c1-12(2)27-19-17(26-20(27)22)18(23-11-13-5-7-14(21)8-6-13)24-16(25-19)10-15-4-3-9-28-15/h5-8,12,15H,3-4,9-11H2,1-2H3,(H2,22,26)(H,23,24,25)/t15-/m1/s1. The van der Waals surface area contributed by atoms with E-state index in [2.05, 4.69) is 10.3 Å². The monoisotopic (exact) mass is 384 g/mol. The minimum Gasteiger partial charge on any atom is -0.378 e. The number of nitrogens with two attached hydrogens (primary N) is 1. The minimum atomic E-state index is -0.254. The van der Waals surface area contributed by atoms with Gasteiger partial charge in [-0.25, -0.2) is 19.3 Å². The van der Waals surface area contributed by atoms with E-state index < -0.39 is 0 Å². The van der Waals surface area contributed by atoms with Crippen molar-refractivity contribution in [1.82, 2.24) is 19.5 Å². The van der Waals surface area contributed by atoms with Gasteiger partial charge in [0.15, 0.2) is 17.0 Å². The van der Waals surface area contributed by atoms with Crippen LogP contribution in [0.15, 0.2) is 24.3 Å². The van der Waals surface area contributed by atoms with Crippen molar-refractivity contribution < 1.29 is 9.13 Å². The van der Waals surface area contributed by atoms with Crippen LogP contribution in [0.3, 0.4) is 0 Å². The number of anilines is 2. The highest BCUT2D eigenvalue weighted by molar-refractivity contribution is 5.85. The van der Waals surface area contributed by atoms with Crippen molar-refractivity contribution in [1.29, 1.82) is 0 Å². The summed E-state index contributed by atoms with van der Waals surface area (Å²) < 4.78 is 20.8. The van der Waals surface area contributed by atoms with Gasteiger partial charge in [-0.05, 0) is 44.4 Å². The van der Waals surface area contributed by atoms with Crippen LogP contribution in [0.5, 0.6) is 0 Å². The average molecular weight is 384 g/mol. The normalized spacial score (nSPS) is 16.9. The van der Waals surface area contributed by atoms with Crippen LogP contribution in [0.4, 0.5) is 16.2 Å². The van der Waals surface area contributed by atoms with Gasteiger partial charge in [-0.15, -0.1) is 0 Å². The Balaban J connectivity index is 1.69. The molecule has 3 heterocycles. The lowest BCUT2D eigenvalue weighted by atomic mass is 10.2. The molecule has 0 bridgehead atoms. The van der Waals surface area contributed by atoms with Crippen molar-refractivity contribution in [2.45, 2.75) is 51.8 Å². The molecular formula is C20H25FN6O. The number of fused-ring (bicyclic) bond motifs is 1. The molecule has 2 aromatic heterocycles. The fourth-order valence-corrected chi connectivity index (χ4v) is 3.56. The molecule has 8 heteroatoms. The highest BCUT2D eigenvalue weighted by Crippen LogP contribution is 2.27. The van der Waals surface area contributed by atoms with Crippen LogP contribution in [0.25, 0.3) is 11.2 Å². The van der Waals surface area contributed by atoms with Crippen molar-refractivity contribution in [3.8, 4) is 0 Å².